The highest BCUT2D eigenvalue weighted by Crippen LogP contribution is 2.13. The van der Waals surface area contributed by atoms with Gasteiger partial charge in [0.15, 0.2) is 0 Å². The molecule has 0 saturated heterocycles. The molecule has 10 heavy (non-hydrogen) atoms. The minimum Gasteiger partial charge on any atom is -0.207 e. The van der Waals surface area contributed by atoms with Crippen LogP contribution in [-0.2, 0) is 6.32 Å². The molecule has 0 unspecified atom stereocenters. The Labute approximate surface area is 65.4 Å². The minimum atomic E-state index is -0.340. The Balaban J connectivity index is 3.06. The predicted octanol–water partition coefficient (Wildman–Crippen LogP) is 2.15. The molecule has 0 spiro atoms. The van der Waals surface area contributed by atoms with Crippen LogP contribution in [0, 0.1) is 5.82 Å². The van der Waals surface area contributed by atoms with E-state index in [1.165, 1.54) is 12.1 Å². The van der Waals surface area contributed by atoms with Gasteiger partial charge in [0.25, 0.3) is 0 Å². The SMILES string of the molecule is [B]Cc1cc(F)cc(Cl)c1. The lowest BCUT2D eigenvalue weighted by molar-refractivity contribution is 0.626. The second-order valence-electron chi connectivity index (χ2n) is 1.98. The van der Waals surface area contributed by atoms with Crippen LogP contribution in [0.25, 0.3) is 0 Å². The maximum atomic E-state index is 12.5. The van der Waals surface area contributed by atoms with E-state index in [2.05, 4.69) is 0 Å². The van der Waals surface area contributed by atoms with Gasteiger partial charge in [0, 0.05) is 5.02 Å². The summed E-state index contributed by atoms with van der Waals surface area (Å²) in [5.41, 5.74) is 0.713. The standard InChI is InChI=1S/C7H5BClF/c8-4-5-1-6(9)3-7(10)2-5/h1-3H,4H2. The molecule has 0 aliphatic heterocycles. The third kappa shape index (κ3) is 1.74. The van der Waals surface area contributed by atoms with Crippen LogP contribution in [-0.4, -0.2) is 7.85 Å². The fraction of sp³-hybridized carbons (Fsp3) is 0.143. The third-order valence-corrected chi connectivity index (χ3v) is 1.38. The van der Waals surface area contributed by atoms with Crippen molar-refractivity contribution in [3.05, 3.63) is 34.6 Å². The number of benzene rings is 1. The molecule has 0 nitrogen and oxygen atoms in total. The number of hydrogen-bond acceptors (Lipinski definition) is 0. The van der Waals surface area contributed by atoms with Crippen molar-refractivity contribution in [1.29, 1.82) is 0 Å². The van der Waals surface area contributed by atoms with Crippen molar-refractivity contribution in [1.82, 2.24) is 0 Å². The summed E-state index contributed by atoms with van der Waals surface area (Å²) in [6, 6.07) is 4.26. The topological polar surface area (TPSA) is 0 Å². The van der Waals surface area contributed by atoms with Gasteiger partial charge in [0.2, 0.25) is 0 Å². The van der Waals surface area contributed by atoms with Gasteiger partial charge in [-0.05, 0) is 18.2 Å². The smallest absolute Gasteiger partial charge is 0.124 e. The Morgan fingerprint density at radius 3 is 2.60 bits per heavy atom. The Kier molecular flexibility index (Phi) is 2.33. The van der Waals surface area contributed by atoms with Crippen LogP contribution >= 0.6 is 11.6 Å². The van der Waals surface area contributed by atoms with Gasteiger partial charge in [-0.2, -0.15) is 0 Å². The van der Waals surface area contributed by atoms with Crippen LogP contribution in [0.2, 0.25) is 5.02 Å². The van der Waals surface area contributed by atoms with Crippen molar-refractivity contribution < 1.29 is 4.39 Å². The van der Waals surface area contributed by atoms with Gasteiger partial charge in [-0.25, -0.2) is 4.39 Å². The molecule has 0 heterocycles. The Hall–Kier alpha value is -0.495. The Bertz CT molecular complexity index is 217. The largest absolute Gasteiger partial charge is 0.207 e. The van der Waals surface area contributed by atoms with E-state index in [0.29, 0.717) is 16.9 Å². The zero-order valence-electron chi connectivity index (χ0n) is 5.27. The number of halogens is 2. The molecule has 0 N–H and O–H groups in total. The first-order valence-corrected chi connectivity index (χ1v) is 3.25. The van der Waals surface area contributed by atoms with Crippen LogP contribution in [0.5, 0.6) is 0 Å². The zero-order valence-corrected chi connectivity index (χ0v) is 6.03. The summed E-state index contributed by atoms with van der Waals surface area (Å²) in [6.07, 6.45) is 0.317. The molecular formula is C7H5BClF. The predicted molar refractivity (Wildman–Crippen MR) is 40.9 cm³/mol. The quantitative estimate of drug-likeness (QED) is 0.544. The summed E-state index contributed by atoms with van der Waals surface area (Å²) in [5, 5.41) is 0.389. The fourth-order valence-electron chi connectivity index (χ4n) is 0.729. The molecule has 0 amide bonds. The third-order valence-electron chi connectivity index (χ3n) is 1.16. The van der Waals surface area contributed by atoms with E-state index in [0.717, 1.165) is 0 Å². The average Bonchev–Trinajstić information content (AvgIpc) is 1.85. The fourth-order valence-corrected chi connectivity index (χ4v) is 0.973. The van der Waals surface area contributed by atoms with Crippen LogP contribution in [0.4, 0.5) is 4.39 Å². The molecule has 0 aliphatic carbocycles. The van der Waals surface area contributed by atoms with E-state index in [4.69, 9.17) is 19.4 Å². The summed E-state index contributed by atoms with van der Waals surface area (Å²) >= 11 is 5.53. The van der Waals surface area contributed by atoms with Crippen LogP contribution in [0.15, 0.2) is 18.2 Å². The van der Waals surface area contributed by atoms with Crippen molar-refractivity contribution in [3.63, 3.8) is 0 Å². The molecule has 0 aliphatic rings. The van der Waals surface area contributed by atoms with Crippen molar-refractivity contribution in [2.75, 3.05) is 0 Å². The molecule has 50 valence electrons. The lowest BCUT2D eigenvalue weighted by Gasteiger charge is -1.96. The van der Waals surface area contributed by atoms with Gasteiger partial charge in [0.05, 0.1) is 7.85 Å². The van der Waals surface area contributed by atoms with Gasteiger partial charge < -0.3 is 0 Å². The molecule has 1 aromatic carbocycles. The lowest BCUT2D eigenvalue weighted by atomic mass is 9.97. The van der Waals surface area contributed by atoms with Crippen LogP contribution < -0.4 is 0 Å². The van der Waals surface area contributed by atoms with Crippen LogP contribution in [0.3, 0.4) is 0 Å². The highest BCUT2D eigenvalue weighted by atomic mass is 35.5. The molecule has 0 bridgehead atoms. The second-order valence-corrected chi connectivity index (χ2v) is 2.42. The number of hydrogen-bond donors (Lipinski definition) is 0. The first-order chi connectivity index (χ1) is 4.72. The number of rotatable bonds is 1. The molecule has 2 radical (unpaired) electrons. The molecular weight excluding hydrogens is 149 g/mol. The second kappa shape index (κ2) is 3.06. The first kappa shape index (κ1) is 7.61. The van der Waals surface area contributed by atoms with Gasteiger partial charge in [0.1, 0.15) is 5.82 Å². The maximum absolute atomic E-state index is 12.5. The van der Waals surface area contributed by atoms with E-state index in [-0.39, 0.29) is 5.82 Å². The van der Waals surface area contributed by atoms with E-state index >= 15 is 0 Å². The van der Waals surface area contributed by atoms with Gasteiger partial charge in [-0.1, -0.05) is 23.5 Å². The summed E-state index contributed by atoms with van der Waals surface area (Å²) in [4.78, 5) is 0. The highest BCUT2D eigenvalue weighted by Gasteiger charge is 1.95. The molecule has 0 fully saturated rings. The van der Waals surface area contributed by atoms with Gasteiger partial charge >= 0.3 is 0 Å². The van der Waals surface area contributed by atoms with Crippen molar-refractivity contribution >= 4 is 19.4 Å². The molecule has 1 rings (SSSR count). The summed E-state index contributed by atoms with van der Waals surface area (Å²) < 4.78 is 12.5. The summed E-state index contributed by atoms with van der Waals surface area (Å²) in [5.74, 6) is -0.340. The molecule has 3 heteroatoms. The maximum Gasteiger partial charge on any atom is 0.124 e. The summed E-state index contributed by atoms with van der Waals surface area (Å²) in [6.45, 7) is 0. The zero-order chi connectivity index (χ0) is 7.56. The van der Waals surface area contributed by atoms with E-state index in [1.54, 1.807) is 6.07 Å². The van der Waals surface area contributed by atoms with Crippen LogP contribution in [0.1, 0.15) is 5.56 Å². The van der Waals surface area contributed by atoms with Gasteiger partial charge in [-0.15, -0.1) is 0 Å². The molecule has 0 saturated carbocycles. The lowest BCUT2D eigenvalue weighted by Crippen LogP contribution is -1.84. The normalized spacial score (nSPS) is 9.80. The monoisotopic (exact) mass is 154 g/mol. The first-order valence-electron chi connectivity index (χ1n) is 2.87. The molecule has 0 aromatic heterocycles. The summed E-state index contributed by atoms with van der Waals surface area (Å²) in [7, 11) is 5.26. The van der Waals surface area contributed by atoms with E-state index in [9.17, 15) is 4.39 Å². The van der Waals surface area contributed by atoms with Crippen molar-refractivity contribution in [2.45, 2.75) is 6.32 Å². The van der Waals surface area contributed by atoms with Crippen molar-refractivity contribution in [2.24, 2.45) is 0 Å². The van der Waals surface area contributed by atoms with Gasteiger partial charge in [-0.3, -0.25) is 0 Å². The molecule has 0 atom stereocenters. The Morgan fingerprint density at radius 2 is 2.10 bits per heavy atom. The van der Waals surface area contributed by atoms with E-state index < -0.39 is 0 Å². The van der Waals surface area contributed by atoms with Crippen molar-refractivity contribution in [3.8, 4) is 0 Å². The highest BCUT2D eigenvalue weighted by molar-refractivity contribution is 6.30. The Morgan fingerprint density at radius 1 is 1.40 bits per heavy atom. The molecule has 1 aromatic rings. The minimum absolute atomic E-state index is 0.317. The van der Waals surface area contributed by atoms with E-state index in [1.807, 2.05) is 0 Å². The average molecular weight is 154 g/mol.